The maximum Gasteiger partial charge on any atom is 0.410 e. The van der Waals surface area contributed by atoms with E-state index in [0.29, 0.717) is 37.2 Å². The Labute approximate surface area is 165 Å². The molecule has 2 heterocycles. The Morgan fingerprint density at radius 1 is 1.25 bits per heavy atom. The number of ether oxygens (including phenoxy) is 1. The molecule has 1 fully saturated rings. The van der Waals surface area contributed by atoms with Crippen molar-refractivity contribution in [1.29, 1.82) is 5.26 Å². The van der Waals surface area contributed by atoms with Crippen LogP contribution in [0.15, 0.2) is 30.5 Å². The Hall–Kier alpha value is -2.85. The van der Waals surface area contributed by atoms with Gasteiger partial charge >= 0.3 is 6.09 Å². The molecule has 148 valence electrons. The Morgan fingerprint density at radius 3 is 2.39 bits per heavy atom. The SMILES string of the molecule is Cn1cc(C2(O)CCN(C(=O)OC(C)(C)C)CC2)nc1-c1ccc(C#N)cc1. The van der Waals surface area contributed by atoms with Gasteiger partial charge in [0.25, 0.3) is 0 Å². The molecule has 0 saturated carbocycles. The first kappa shape index (κ1) is 19.9. The third-order valence-electron chi connectivity index (χ3n) is 4.87. The number of hydrogen-bond acceptors (Lipinski definition) is 5. The van der Waals surface area contributed by atoms with Gasteiger partial charge in [-0.3, -0.25) is 0 Å². The van der Waals surface area contributed by atoms with Gasteiger partial charge in [0.05, 0.1) is 17.3 Å². The number of nitriles is 1. The third kappa shape index (κ3) is 4.18. The quantitative estimate of drug-likeness (QED) is 0.861. The molecular weight excluding hydrogens is 356 g/mol. The molecule has 7 heteroatoms. The Bertz CT molecular complexity index is 895. The zero-order valence-electron chi connectivity index (χ0n) is 16.8. The summed E-state index contributed by atoms with van der Waals surface area (Å²) in [5.41, 5.74) is 0.440. The molecule has 0 radical (unpaired) electrons. The number of aromatic nitrogens is 2. The van der Waals surface area contributed by atoms with Gasteiger partial charge < -0.3 is 19.3 Å². The smallest absolute Gasteiger partial charge is 0.410 e. The number of imidazole rings is 1. The van der Waals surface area contributed by atoms with Crippen molar-refractivity contribution in [3.05, 3.63) is 41.7 Å². The molecule has 1 aromatic carbocycles. The first-order chi connectivity index (χ1) is 13.1. The average molecular weight is 382 g/mol. The van der Waals surface area contributed by atoms with Crippen LogP contribution in [0, 0.1) is 11.3 Å². The minimum Gasteiger partial charge on any atom is -0.444 e. The molecule has 1 aliphatic heterocycles. The molecule has 0 bridgehead atoms. The summed E-state index contributed by atoms with van der Waals surface area (Å²) in [4.78, 5) is 18.5. The standard InChI is InChI=1S/C21H26N4O3/c1-20(2,3)28-19(26)25-11-9-21(27,10-12-25)17-14-24(4)18(23-17)16-7-5-15(13-22)6-8-16/h5-8,14,27H,9-12H2,1-4H3. The maximum absolute atomic E-state index is 12.2. The van der Waals surface area contributed by atoms with Gasteiger partial charge in [0.15, 0.2) is 0 Å². The number of hydrogen-bond donors (Lipinski definition) is 1. The molecule has 0 unspecified atom stereocenters. The molecule has 1 aromatic heterocycles. The van der Waals surface area contributed by atoms with Crippen LogP contribution >= 0.6 is 0 Å². The van der Waals surface area contributed by atoms with Crippen molar-refractivity contribution in [3.8, 4) is 17.5 Å². The number of amides is 1. The number of carbonyl (C=O) groups excluding carboxylic acids is 1. The molecule has 0 atom stereocenters. The van der Waals surface area contributed by atoms with E-state index in [9.17, 15) is 9.90 Å². The highest BCUT2D eigenvalue weighted by Crippen LogP contribution is 2.34. The van der Waals surface area contributed by atoms with Gasteiger partial charge in [-0.2, -0.15) is 5.26 Å². The summed E-state index contributed by atoms with van der Waals surface area (Å²) in [6.45, 7) is 6.33. The van der Waals surface area contributed by atoms with Crippen molar-refractivity contribution < 1.29 is 14.6 Å². The summed E-state index contributed by atoms with van der Waals surface area (Å²) < 4.78 is 7.28. The van der Waals surface area contributed by atoms with Crippen molar-refractivity contribution in [1.82, 2.24) is 14.5 Å². The summed E-state index contributed by atoms with van der Waals surface area (Å²) in [5.74, 6) is 0.725. The molecule has 0 aliphatic carbocycles. The maximum atomic E-state index is 12.2. The van der Waals surface area contributed by atoms with Crippen molar-refractivity contribution in [2.24, 2.45) is 7.05 Å². The monoisotopic (exact) mass is 382 g/mol. The molecular formula is C21H26N4O3. The van der Waals surface area contributed by atoms with E-state index < -0.39 is 11.2 Å². The topological polar surface area (TPSA) is 91.4 Å². The van der Waals surface area contributed by atoms with Crippen LogP contribution < -0.4 is 0 Å². The number of carbonyl (C=O) groups is 1. The fraction of sp³-hybridized carbons (Fsp3) is 0.476. The lowest BCUT2D eigenvalue weighted by Gasteiger charge is -2.37. The highest BCUT2D eigenvalue weighted by atomic mass is 16.6. The summed E-state index contributed by atoms with van der Waals surface area (Å²) in [6.07, 6.45) is 2.27. The summed E-state index contributed by atoms with van der Waals surface area (Å²) in [5, 5.41) is 20.1. The summed E-state index contributed by atoms with van der Waals surface area (Å²) in [6, 6.07) is 9.29. The van der Waals surface area contributed by atoms with E-state index >= 15 is 0 Å². The van der Waals surface area contributed by atoms with Crippen molar-refractivity contribution >= 4 is 6.09 Å². The van der Waals surface area contributed by atoms with Crippen LogP contribution in [0.1, 0.15) is 44.9 Å². The van der Waals surface area contributed by atoms with Crippen LogP contribution in [0.4, 0.5) is 4.79 Å². The molecule has 3 rings (SSSR count). The zero-order valence-corrected chi connectivity index (χ0v) is 16.8. The van der Waals surface area contributed by atoms with E-state index in [4.69, 9.17) is 10.00 Å². The largest absolute Gasteiger partial charge is 0.444 e. The van der Waals surface area contributed by atoms with Crippen LogP contribution in [0.2, 0.25) is 0 Å². The van der Waals surface area contributed by atoms with Crippen molar-refractivity contribution in [2.75, 3.05) is 13.1 Å². The number of aliphatic hydroxyl groups is 1. The van der Waals surface area contributed by atoms with Gasteiger partial charge in [-0.1, -0.05) is 0 Å². The summed E-state index contributed by atoms with van der Waals surface area (Å²) >= 11 is 0. The predicted molar refractivity (Wildman–Crippen MR) is 104 cm³/mol. The fourth-order valence-corrected chi connectivity index (χ4v) is 3.29. The molecule has 1 saturated heterocycles. The Morgan fingerprint density at radius 2 is 1.86 bits per heavy atom. The van der Waals surface area contributed by atoms with Crippen LogP contribution in [0.3, 0.4) is 0 Å². The van der Waals surface area contributed by atoms with Gasteiger partial charge in [-0.05, 0) is 57.9 Å². The minimum absolute atomic E-state index is 0.353. The normalized spacial score (nSPS) is 16.5. The Kier molecular flexibility index (Phi) is 5.18. The van der Waals surface area contributed by atoms with Crippen molar-refractivity contribution in [3.63, 3.8) is 0 Å². The average Bonchev–Trinajstić information content (AvgIpc) is 3.03. The van der Waals surface area contributed by atoms with E-state index in [1.807, 2.05) is 50.7 Å². The van der Waals surface area contributed by atoms with E-state index in [0.717, 1.165) is 11.4 Å². The second kappa shape index (κ2) is 7.28. The lowest BCUT2D eigenvalue weighted by molar-refractivity contribution is -0.0379. The first-order valence-electron chi connectivity index (χ1n) is 9.36. The number of aryl methyl sites for hydroxylation is 1. The highest BCUT2D eigenvalue weighted by molar-refractivity contribution is 5.68. The van der Waals surface area contributed by atoms with Crippen molar-refractivity contribution in [2.45, 2.75) is 44.8 Å². The third-order valence-corrected chi connectivity index (χ3v) is 4.87. The molecule has 1 amide bonds. The lowest BCUT2D eigenvalue weighted by Crippen LogP contribution is -2.47. The molecule has 7 nitrogen and oxygen atoms in total. The van der Waals surface area contributed by atoms with Gasteiger partial charge in [0, 0.05) is 31.9 Å². The predicted octanol–water partition coefficient (Wildman–Crippen LogP) is 3.18. The number of benzene rings is 1. The number of likely N-dealkylation sites (tertiary alicyclic amines) is 1. The molecule has 1 N–H and O–H groups in total. The number of rotatable bonds is 2. The van der Waals surface area contributed by atoms with Gasteiger partial charge in [0.2, 0.25) is 0 Å². The van der Waals surface area contributed by atoms with E-state index in [1.54, 1.807) is 17.0 Å². The minimum atomic E-state index is -1.08. The summed E-state index contributed by atoms with van der Waals surface area (Å²) in [7, 11) is 1.88. The Balaban J connectivity index is 1.74. The van der Waals surface area contributed by atoms with Crippen LogP contribution in [0.25, 0.3) is 11.4 Å². The number of piperidine rings is 1. The van der Waals surface area contributed by atoms with Gasteiger partial charge in [-0.15, -0.1) is 0 Å². The molecule has 1 aliphatic rings. The van der Waals surface area contributed by atoms with Crippen LogP contribution in [-0.4, -0.2) is 44.3 Å². The van der Waals surface area contributed by atoms with Crippen LogP contribution in [0.5, 0.6) is 0 Å². The van der Waals surface area contributed by atoms with E-state index in [1.165, 1.54) is 0 Å². The number of nitrogens with zero attached hydrogens (tertiary/aromatic N) is 4. The molecule has 0 spiro atoms. The van der Waals surface area contributed by atoms with Gasteiger partial charge in [-0.25, -0.2) is 9.78 Å². The molecule has 28 heavy (non-hydrogen) atoms. The highest BCUT2D eigenvalue weighted by Gasteiger charge is 2.38. The van der Waals surface area contributed by atoms with E-state index in [2.05, 4.69) is 11.1 Å². The fourth-order valence-electron chi connectivity index (χ4n) is 3.29. The zero-order chi connectivity index (χ0) is 20.5. The first-order valence-corrected chi connectivity index (χ1v) is 9.36. The van der Waals surface area contributed by atoms with Gasteiger partial charge in [0.1, 0.15) is 17.0 Å². The second-order valence-corrected chi connectivity index (χ2v) is 8.25. The lowest BCUT2D eigenvalue weighted by atomic mass is 9.89. The second-order valence-electron chi connectivity index (χ2n) is 8.25. The van der Waals surface area contributed by atoms with E-state index in [-0.39, 0.29) is 6.09 Å². The van der Waals surface area contributed by atoms with Crippen LogP contribution in [-0.2, 0) is 17.4 Å². The molecule has 2 aromatic rings.